The Labute approximate surface area is 138 Å². The highest BCUT2D eigenvalue weighted by Crippen LogP contribution is 2.27. The van der Waals surface area contributed by atoms with Crippen molar-refractivity contribution in [1.29, 1.82) is 0 Å². The maximum Gasteiger partial charge on any atom is 0.253 e. The Hall–Kier alpha value is -1.88. The molecule has 2 amide bonds. The molecule has 0 aliphatic heterocycles. The van der Waals surface area contributed by atoms with Gasteiger partial charge in [0.15, 0.2) is 0 Å². The molecule has 0 saturated heterocycles. The number of anilines is 1. The summed E-state index contributed by atoms with van der Waals surface area (Å²) in [5, 5.41) is 2.84. The summed E-state index contributed by atoms with van der Waals surface area (Å²) in [6.45, 7) is 0. The van der Waals surface area contributed by atoms with Crippen LogP contribution in [0.5, 0.6) is 0 Å². The number of rotatable bonds is 5. The molecule has 1 unspecified atom stereocenters. The SMILES string of the molecule is CN(C)C(=O)c1ccc(NC(=O)C(N)CC2CCCCC2)cc1. The van der Waals surface area contributed by atoms with Crippen molar-refractivity contribution < 1.29 is 9.59 Å². The lowest BCUT2D eigenvalue weighted by Crippen LogP contribution is -2.37. The molecule has 0 heterocycles. The largest absolute Gasteiger partial charge is 0.345 e. The highest BCUT2D eigenvalue weighted by molar-refractivity contribution is 5.96. The summed E-state index contributed by atoms with van der Waals surface area (Å²) in [6.07, 6.45) is 6.92. The van der Waals surface area contributed by atoms with E-state index < -0.39 is 6.04 Å². The van der Waals surface area contributed by atoms with Gasteiger partial charge in [0.05, 0.1) is 6.04 Å². The fourth-order valence-corrected chi connectivity index (χ4v) is 3.08. The average molecular weight is 317 g/mol. The second kappa shape index (κ2) is 8.11. The lowest BCUT2D eigenvalue weighted by atomic mass is 9.85. The van der Waals surface area contributed by atoms with Gasteiger partial charge in [0, 0.05) is 25.3 Å². The van der Waals surface area contributed by atoms with Crippen LogP contribution in [0.2, 0.25) is 0 Å². The van der Waals surface area contributed by atoms with Crippen LogP contribution in [0.3, 0.4) is 0 Å². The third kappa shape index (κ3) is 5.06. The first-order valence-corrected chi connectivity index (χ1v) is 8.35. The number of amides is 2. The van der Waals surface area contributed by atoms with Gasteiger partial charge in [0.25, 0.3) is 5.91 Å². The predicted octanol–water partition coefficient (Wildman–Crippen LogP) is 2.62. The lowest BCUT2D eigenvalue weighted by Gasteiger charge is -2.24. The van der Waals surface area contributed by atoms with Gasteiger partial charge >= 0.3 is 0 Å². The molecule has 1 atom stereocenters. The number of hydrogen-bond acceptors (Lipinski definition) is 3. The van der Waals surface area contributed by atoms with E-state index in [9.17, 15) is 9.59 Å². The first-order valence-electron chi connectivity index (χ1n) is 8.35. The first kappa shape index (κ1) is 17.5. The average Bonchev–Trinajstić information content (AvgIpc) is 2.55. The van der Waals surface area contributed by atoms with E-state index in [1.54, 1.807) is 38.4 Å². The van der Waals surface area contributed by atoms with E-state index >= 15 is 0 Å². The van der Waals surface area contributed by atoms with Crippen molar-refractivity contribution in [1.82, 2.24) is 4.90 Å². The van der Waals surface area contributed by atoms with E-state index in [-0.39, 0.29) is 11.8 Å². The number of nitrogens with one attached hydrogen (secondary N) is 1. The molecule has 1 aliphatic rings. The smallest absolute Gasteiger partial charge is 0.253 e. The molecule has 23 heavy (non-hydrogen) atoms. The number of benzene rings is 1. The maximum absolute atomic E-state index is 12.2. The molecule has 1 fully saturated rings. The van der Waals surface area contributed by atoms with Gasteiger partial charge in [0.2, 0.25) is 5.91 Å². The Morgan fingerprint density at radius 1 is 1.17 bits per heavy atom. The maximum atomic E-state index is 12.2. The second-order valence-electron chi connectivity index (χ2n) is 6.61. The van der Waals surface area contributed by atoms with Crippen molar-refractivity contribution >= 4 is 17.5 Å². The number of nitrogens with two attached hydrogens (primary N) is 1. The van der Waals surface area contributed by atoms with Crippen molar-refractivity contribution in [2.45, 2.75) is 44.6 Å². The van der Waals surface area contributed by atoms with Gasteiger partial charge < -0.3 is 16.0 Å². The zero-order chi connectivity index (χ0) is 16.8. The van der Waals surface area contributed by atoms with Crippen LogP contribution < -0.4 is 11.1 Å². The minimum atomic E-state index is -0.471. The topological polar surface area (TPSA) is 75.4 Å². The van der Waals surface area contributed by atoms with Crippen LogP contribution in [0, 0.1) is 5.92 Å². The summed E-state index contributed by atoms with van der Waals surface area (Å²) < 4.78 is 0. The van der Waals surface area contributed by atoms with Crippen molar-refractivity contribution in [3.8, 4) is 0 Å². The Bertz CT molecular complexity index is 534. The Morgan fingerprint density at radius 3 is 2.35 bits per heavy atom. The minimum Gasteiger partial charge on any atom is -0.345 e. The van der Waals surface area contributed by atoms with Gasteiger partial charge in [-0.05, 0) is 36.6 Å². The van der Waals surface area contributed by atoms with Crippen LogP contribution >= 0.6 is 0 Å². The van der Waals surface area contributed by atoms with E-state index in [2.05, 4.69) is 5.32 Å². The minimum absolute atomic E-state index is 0.0584. The summed E-state index contributed by atoms with van der Waals surface area (Å²) in [5.41, 5.74) is 7.31. The number of carbonyl (C=O) groups is 2. The molecule has 5 nitrogen and oxygen atoms in total. The lowest BCUT2D eigenvalue weighted by molar-refractivity contribution is -0.117. The third-order valence-electron chi connectivity index (χ3n) is 4.45. The van der Waals surface area contributed by atoms with Crippen LogP contribution in [0.25, 0.3) is 0 Å². The van der Waals surface area contributed by atoms with Gasteiger partial charge in [-0.25, -0.2) is 0 Å². The standard InChI is InChI=1S/C18H27N3O2/c1-21(2)18(23)14-8-10-15(11-9-14)20-17(22)16(19)12-13-6-4-3-5-7-13/h8-11,13,16H,3-7,12,19H2,1-2H3,(H,20,22). The van der Waals surface area contributed by atoms with Crippen LogP contribution in [-0.4, -0.2) is 36.9 Å². The van der Waals surface area contributed by atoms with Crippen LogP contribution in [0.4, 0.5) is 5.69 Å². The molecule has 0 aromatic heterocycles. The van der Waals surface area contributed by atoms with Crippen molar-refractivity contribution in [3.05, 3.63) is 29.8 Å². The molecule has 2 rings (SSSR count). The third-order valence-corrected chi connectivity index (χ3v) is 4.45. The molecule has 3 N–H and O–H groups in total. The summed E-state index contributed by atoms with van der Waals surface area (Å²) >= 11 is 0. The Kier molecular flexibility index (Phi) is 6.16. The van der Waals surface area contributed by atoms with Gasteiger partial charge in [-0.1, -0.05) is 32.1 Å². The molecule has 5 heteroatoms. The molecule has 1 saturated carbocycles. The Balaban J connectivity index is 1.87. The van der Waals surface area contributed by atoms with Crippen molar-refractivity contribution in [2.24, 2.45) is 11.7 Å². The fraction of sp³-hybridized carbons (Fsp3) is 0.556. The summed E-state index contributed by atoms with van der Waals surface area (Å²) in [4.78, 5) is 25.5. The molecular formula is C18H27N3O2. The second-order valence-corrected chi connectivity index (χ2v) is 6.61. The number of hydrogen-bond donors (Lipinski definition) is 2. The molecule has 126 valence electrons. The summed E-state index contributed by atoms with van der Waals surface area (Å²) in [6, 6.07) is 6.43. The van der Waals surface area contributed by atoms with E-state index in [1.165, 1.54) is 37.0 Å². The monoisotopic (exact) mass is 317 g/mol. The number of carbonyl (C=O) groups excluding carboxylic acids is 2. The van der Waals surface area contributed by atoms with Gasteiger partial charge in [-0.2, -0.15) is 0 Å². The van der Waals surface area contributed by atoms with Crippen molar-refractivity contribution in [3.63, 3.8) is 0 Å². The van der Waals surface area contributed by atoms with E-state index in [0.29, 0.717) is 17.2 Å². The van der Waals surface area contributed by atoms with E-state index in [0.717, 1.165) is 6.42 Å². The van der Waals surface area contributed by atoms with Crippen LogP contribution in [0.1, 0.15) is 48.9 Å². The highest BCUT2D eigenvalue weighted by atomic mass is 16.2. The zero-order valence-electron chi connectivity index (χ0n) is 14.0. The molecular weight excluding hydrogens is 290 g/mol. The van der Waals surface area contributed by atoms with Gasteiger partial charge in [0.1, 0.15) is 0 Å². The van der Waals surface area contributed by atoms with E-state index in [4.69, 9.17) is 5.73 Å². The predicted molar refractivity (Wildman–Crippen MR) is 92.3 cm³/mol. The highest BCUT2D eigenvalue weighted by Gasteiger charge is 2.21. The molecule has 0 spiro atoms. The quantitative estimate of drug-likeness (QED) is 0.876. The fourth-order valence-electron chi connectivity index (χ4n) is 3.08. The Morgan fingerprint density at radius 2 is 1.78 bits per heavy atom. The molecule has 1 aliphatic carbocycles. The van der Waals surface area contributed by atoms with Gasteiger partial charge in [-0.15, -0.1) is 0 Å². The van der Waals surface area contributed by atoms with Gasteiger partial charge in [-0.3, -0.25) is 9.59 Å². The molecule has 1 aromatic rings. The molecule has 0 bridgehead atoms. The summed E-state index contributed by atoms with van der Waals surface area (Å²) in [7, 11) is 3.42. The first-order chi connectivity index (χ1) is 11.0. The van der Waals surface area contributed by atoms with Crippen LogP contribution in [-0.2, 0) is 4.79 Å². The number of nitrogens with zero attached hydrogens (tertiary/aromatic N) is 1. The van der Waals surface area contributed by atoms with E-state index in [1.807, 2.05) is 0 Å². The molecule has 1 aromatic carbocycles. The van der Waals surface area contributed by atoms with Crippen molar-refractivity contribution in [2.75, 3.05) is 19.4 Å². The zero-order valence-corrected chi connectivity index (χ0v) is 14.0. The normalized spacial score (nSPS) is 16.7. The summed E-state index contributed by atoms with van der Waals surface area (Å²) in [5.74, 6) is 0.365. The molecule has 0 radical (unpaired) electrons. The van der Waals surface area contributed by atoms with Crippen LogP contribution in [0.15, 0.2) is 24.3 Å².